The second-order valence-corrected chi connectivity index (χ2v) is 13.5. The molecule has 11 nitrogen and oxygen atoms in total. The van der Waals surface area contributed by atoms with Crippen molar-refractivity contribution in [3.05, 3.63) is 162 Å². The van der Waals surface area contributed by atoms with E-state index in [9.17, 15) is 19.2 Å². The minimum absolute atomic E-state index is 0.0185. The minimum atomic E-state index is -1.10. The number of nitrogens with one attached hydrogen (secondary N) is 3. The highest BCUT2D eigenvalue weighted by Crippen LogP contribution is 2.40. The highest BCUT2D eigenvalue weighted by Gasteiger charge is 2.38. The normalized spacial score (nSPS) is 12.5. The third-order valence-electron chi connectivity index (χ3n) is 8.55. The van der Waals surface area contributed by atoms with Crippen LogP contribution in [-0.2, 0) is 42.2 Å². The van der Waals surface area contributed by atoms with Gasteiger partial charge >= 0.3 is 12.1 Å². The molecule has 0 saturated heterocycles. The Kier molecular flexibility index (Phi) is 12.4. The van der Waals surface area contributed by atoms with Crippen LogP contribution in [0, 0.1) is 0 Å². The number of methoxy groups -OCH3 is 1. The zero-order valence-electron chi connectivity index (χ0n) is 30.3. The van der Waals surface area contributed by atoms with Crippen molar-refractivity contribution in [3.8, 4) is 0 Å². The fourth-order valence-corrected chi connectivity index (χ4v) is 6.23. The minimum Gasteiger partial charge on any atom is -0.467 e. The van der Waals surface area contributed by atoms with E-state index < -0.39 is 53.6 Å². The van der Waals surface area contributed by atoms with Crippen LogP contribution in [0.15, 0.2) is 134 Å². The summed E-state index contributed by atoms with van der Waals surface area (Å²) < 4.78 is 12.4. The van der Waals surface area contributed by atoms with Gasteiger partial charge in [-0.25, -0.2) is 14.6 Å². The Bertz CT molecular complexity index is 1860. The van der Waals surface area contributed by atoms with E-state index in [0.717, 1.165) is 22.3 Å². The van der Waals surface area contributed by atoms with E-state index in [4.69, 9.17) is 14.5 Å². The summed E-state index contributed by atoms with van der Waals surface area (Å²) in [7, 11) is 1.24. The Morgan fingerprint density at radius 1 is 0.698 bits per heavy atom. The number of alkyl carbamates (subject to hydrolysis) is 1. The summed E-state index contributed by atoms with van der Waals surface area (Å²) in [4.78, 5) is 56.8. The second-order valence-electron chi connectivity index (χ2n) is 13.5. The first-order valence-electron chi connectivity index (χ1n) is 17.4. The summed E-state index contributed by atoms with van der Waals surface area (Å²) in [6.07, 6.45) is 3.01. The van der Waals surface area contributed by atoms with Gasteiger partial charge < -0.3 is 30.0 Å². The van der Waals surface area contributed by atoms with E-state index in [1.807, 2.05) is 95.7 Å². The third kappa shape index (κ3) is 9.76. The van der Waals surface area contributed by atoms with Crippen molar-refractivity contribution >= 4 is 23.9 Å². The zero-order chi connectivity index (χ0) is 37.8. The van der Waals surface area contributed by atoms with Crippen LogP contribution < -0.4 is 16.0 Å². The molecule has 0 fully saturated rings. The number of carbonyl (C=O) groups excluding carboxylic acids is 4. The van der Waals surface area contributed by atoms with Crippen molar-refractivity contribution in [1.82, 2.24) is 25.5 Å². The van der Waals surface area contributed by atoms with Crippen LogP contribution in [0.25, 0.3) is 0 Å². The summed E-state index contributed by atoms with van der Waals surface area (Å²) in [5.74, 6) is -1.90. The van der Waals surface area contributed by atoms with Crippen molar-refractivity contribution in [2.75, 3.05) is 13.7 Å². The van der Waals surface area contributed by atoms with Gasteiger partial charge in [0.15, 0.2) is 0 Å². The van der Waals surface area contributed by atoms with Gasteiger partial charge in [-0.1, -0.05) is 121 Å². The molecule has 1 aromatic heterocycles. The van der Waals surface area contributed by atoms with Crippen molar-refractivity contribution in [3.63, 3.8) is 0 Å². The van der Waals surface area contributed by atoms with Crippen LogP contribution in [0.2, 0.25) is 0 Å². The molecule has 5 aromatic rings. The number of amides is 3. The Morgan fingerprint density at radius 2 is 1.21 bits per heavy atom. The lowest BCUT2D eigenvalue weighted by molar-refractivity contribution is -0.145. The molecule has 4 aromatic carbocycles. The lowest BCUT2D eigenvalue weighted by Crippen LogP contribution is -2.52. The van der Waals surface area contributed by atoms with E-state index >= 15 is 0 Å². The summed E-state index contributed by atoms with van der Waals surface area (Å²) in [5, 5.41) is 7.87. The van der Waals surface area contributed by atoms with Gasteiger partial charge in [-0.2, -0.15) is 0 Å². The highest BCUT2D eigenvalue weighted by molar-refractivity contribution is 5.91. The molecule has 3 N–H and O–H groups in total. The van der Waals surface area contributed by atoms with Gasteiger partial charge in [-0.3, -0.25) is 9.59 Å². The fourth-order valence-electron chi connectivity index (χ4n) is 6.23. The summed E-state index contributed by atoms with van der Waals surface area (Å²) in [6, 6.07) is 37.3. The van der Waals surface area contributed by atoms with Crippen molar-refractivity contribution in [1.29, 1.82) is 0 Å². The third-order valence-corrected chi connectivity index (χ3v) is 8.55. The maximum atomic E-state index is 13.3. The molecule has 0 aliphatic rings. The molecule has 0 saturated carbocycles. The van der Waals surface area contributed by atoms with Gasteiger partial charge in [-0.15, -0.1) is 0 Å². The number of imidazole rings is 1. The molecule has 53 heavy (non-hydrogen) atoms. The predicted molar refractivity (Wildman–Crippen MR) is 201 cm³/mol. The second kappa shape index (κ2) is 17.3. The Hall–Kier alpha value is -6.23. The first kappa shape index (κ1) is 38.0. The lowest BCUT2D eigenvalue weighted by atomic mass is 9.77. The summed E-state index contributed by atoms with van der Waals surface area (Å²) >= 11 is 0. The largest absolute Gasteiger partial charge is 0.467 e. The van der Waals surface area contributed by atoms with Crippen molar-refractivity contribution < 1.29 is 28.7 Å². The van der Waals surface area contributed by atoms with E-state index in [2.05, 4.69) is 52.3 Å². The van der Waals surface area contributed by atoms with E-state index in [1.165, 1.54) is 7.11 Å². The van der Waals surface area contributed by atoms with Crippen LogP contribution in [0.3, 0.4) is 0 Å². The number of nitrogens with zero attached hydrogens (tertiary/aromatic N) is 2. The first-order valence-corrected chi connectivity index (χ1v) is 17.4. The molecule has 0 unspecified atom stereocenters. The number of esters is 1. The summed E-state index contributed by atoms with van der Waals surface area (Å²) in [6.45, 7) is 4.70. The average Bonchev–Trinajstić information content (AvgIpc) is 3.63. The van der Waals surface area contributed by atoms with Crippen LogP contribution >= 0.6 is 0 Å². The first-order chi connectivity index (χ1) is 25.5. The molecule has 1 heterocycles. The molecule has 3 amide bonds. The van der Waals surface area contributed by atoms with Crippen LogP contribution in [0.5, 0.6) is 0 Å². The monoisotopic (exact) mass is 715 g/mol. The highest BCUT2D eigenvalue weighted by atomic mass is 16.6. The molecule has 0 radical (unpaired) electrons. The molecule has 11 heteroatoms. The van der Waals surface area contributed by atoms with Gasteiger partial charge in [0.2, 0.25) is 11.8 Å². The molecule has 274 valence electrons. The van der Waals surface area contributed by atoms with Crippen molar-refractivity contribution in [2.24, 2.45) is 0 Å². The molecule has 5 rings (SSSR count). The standard InChI is InChI=1S/C42H45N5O6/c1-41(2,3)53-40(51)46-35(25-30-17-9-5-10-18-30)38(49)43-27-37(48)45-36(39(50)52-4)26-34-28-47(29-44-34)42(31-19-11-6-12-20-31,32-21-13-7-14-22-32)33-23-15-8-16-24-33/h5-24,28-29,35-36H,25-27H2,1-4H3,(H,43,49)(H,45,48)(H,46,51)/t35-,36-/m0/s1. The maximum absolute atomic E-state index is 13.3. The van der Waals surface area contributed by atoms with Gasteiger partial charge in [0.1, 0.15) is 23.2 Å². The van der Waals surface area contributed by atoms with E-state index in [0.29, 0.717) is 5.69 Å². The van der Waals surface area contributed by atoms with Crippen LogP contribution in [0.1, 0.15) is 48.7 Å². The average molecular weight is 716 g/mol. The number of rotatable bonds is 14. The predicted octanol–water partition coefficient (Wildman–Crippen LogP) is 5.18. The molecular weight excluding hydrogens is 670 g/mol. The van der Waals surface area contributed by atoms with Gasteiger partial charge in [-0.05, 0) is 43.0 Å². The molecule has 2 atom stereocenters. The topological polar surface area (TPSA) is 141 Å². The quantitative estimate of drug-likeness (QED) is 0.106. The lowest BCUT2D eigenvalue weighted by Gasteiger charge is -2.37. The Balaban J connectivity index is 1.34. The number of hydrogen-bond donors (Lipinski definition) is 3. The SMILES string of the molecule is COC(=O)[C@H](Cc1cn(C(c2ccccc2)(c2ccccc2)c2ccccc2)cn1)NC(=O)CNC(=O)[C@H](Cc1ccccc1)NC(=O)OC(C)(C)C. The number of carbonyl (C=O) groups is 4. The molecule has 0 spiro atoms. The molecule has 0 aliphatic carbocycles. The molecule has 0 aliphatic heterocycles. The number of hydrogen-bond acceptors (Lipinski definition) is 7. The van der Waals surface area contributed by atoms with Gasteiger partial charge in [0, 0.05) is 19.0 Å². The fraction of sp³-hybridized carbons (Fsp3) is 0.262. The number of aromatic nitrogens is 2. The molecule has 0 bridgehead atoms. The van der Waals surface area contributed by atoms with Crippen LogP contribution in [0.4, 0.5) is 4.79 Å². The van der Waals surface area contributed by atoms with E-state index in [1.54, 1.807) is 27.1 Å². The zero-order valence-corrected chi connectivity index (χ0v) is 30.3. The maximum Gasteiger partial charge on any atom is 0.408 e. The van der Waals surface area contributed by atoms with Gasteiger partial charge in [0.05, 0.1) is 25.7 Å². The van der Waals surface area contributed by atoms with Gasteiger partial charge in [0.25, 0.3) is 0 Å². The molecular formula is C42H45N5O6. The van der Waals surface area contributed by atoms with Crippen LogP contribution in [-0.4, -0.2) is 64.8 Å². The number of benzene rings is 4. The smallest absolute Gasteiger partial charge is 0.408 e. The number of ether oxygens (including phenoxy) is 2. The Morgan fingerprint density at radius 3 is 1.70 bits per heavy atom. The van der Waals surface area contributed by atoms with Crippen molar-refractivity contribution in [2.45, 2.75) is 56.8 Å². The van der Waals surface area contributed by atoms with E-state index in [-0.39, 0.29) is 12.8 Å². The Labute approximate surface area is 309 Å². The summed E-state index contributed by atoms with van der Waals surface area (Å²) in [5.41, 5.74) is 2.75.